The quantitative estimate of drug-likeness (QED) is 0.462. The zero-order valence-corrected chi connectivity index (χ0v) is 13.3. The van der Waals surface area contributed by atoms with Gasteiger partial charge in [0, 0.05) is 34.3 Å². The molecule has 0 amide bonds. The Kier molecular flexibility index (Phi) is 3.53. The van der Waals surface area contributed by atoms with Crippen molar-refractivity contribution in [3.05, 3.63) is 80.6 Å². The zero-order valence-electron chi connectivity index (χ0n) is 12.6. The highest BCUT2D eigenvalue weighted by Crippen LogP contribution is 2.51. The monoisotopic (exact) mass is 344 g/mol. The standard InChI is InChI=1S/C18H14ClFN2O2/c19-16-6-5-11(22(23)24)9-15(16)18-13-3-1-2-12(13)14-8-10(20)4-7-17(14)21-18/h1-2,4-9,12-13,18,21H,3H2. The van der Waals surface area contributed by atoms with E-state index in [9.17, 15) is 14.5 Å². The number of hydrogen-bond acceptors (Lipinski definition) is 3. The molecular weight excluding hydrogens is 331 g/mol. The summed E-state index contributed by atoms with van der Waals surface area (Å²) in [6, 6.07) is 9.03. The summed E-state index contributed by atoms with van der Waals surface area (Å²) in [4.78, 5) is 10.7. The number of nitrogens with zero attached hydrogens (tertiary/aromatic N) is 1. The molecule has 0 saturated heterocycles. The fraction of sp³-hybridized carbons (Fsp3) is 0.222. The number of anilines is 1. The molecule has 0 radical (unpaired) electrons. The molecule has 4 rings (SSSR count). The van der Waals surface area contributed by atoms with E-state index in [0.717, 1.165) is 17.7 Å². The first kappa shape index (κ1) is 15.1. The number of benzene rings is 2. The van der Waals surface area contributed by atoms with E-state index < -0.39 is 4.92 Å². The van der Waals surface area contributed by atoms with Gasteiger partial charge in [0.05, 0.1) is 11.0 Å². The van der Waals surface area contributed by atoms with Crippen molar-refractivity contribution in [2.24, 2.45) is 5.92 Å². The molecule has 0 fully saturated rings. The molecule has 0 saturated carbocycles. The third-order valence-electron chi connectivity index (χ3n) is 4.85. The summed E-state index contributed by atoms with van der Waals surface area (Å²) in [5.74, 6) is -0.0301. The van der Waals surface area contributed by atoms with Crippen LogP contribution >= 0.6 is 11.6 Å². The largest absolute Gasteiger partial charge is 0.378 e. The third-order valence-corrected chi connectivity index (χ3v) is 5.19. The second-order valence-electron chi connectivity index (χ2n) is 6.17. The first-order valence-corrected chi connectivity index (χ1v) is 8.09. The highest BCUT2D eigenvalue weighted by Gasteiger charge is 2.39. The van der Waals surface area contributed by atoms with Gasteiger partial charge >= 0.3 is 0 Å². The van der Waals surface area contributed by atoms with Crippen molar-refractivity contribution >= 4 is 23.0 Å². The number of nitro benzene ring substituents is 1. The van der Waals surface area contributed by atoms with Gasteiger partial charge in [-0.3, -0.25) is 10.1 Å². The molecular formula is C18H14ClFN2O2. The molecule has 0 aromatic heterocycles. The lowest BCUT2D eigenvalue weighted by Crippen LogP contribution is -2.29. The van der Waals surface area contributed by atoms with Crippen molar-refractivity contribution in [1.82, 2.24) is 0 Å². The Morgan fingerprint density at radius 3 is 2.83 bits per heavy atom. The molecule has 0 bridgehead atoms. The molecule has 3 unspecified atom stereocenters. The molecule has 24 heavy (non-hydrogen) atoms. The lowest BCUT2D eigenvalue weighted by Gasteiger charge is -2.37. The summed E-state index contributed by atoms with van der Waals surface area (Å²) >= 11 is 6.33. The van der Waals surface area contributed by atoms with Gasteiger partial charge < -0.3 is 5.32 Å². The summed E-state index contributed by atoms with van der Waals surface area (Å²) in [6.45, 7) is 0. The van der Waals surface area contributed by atoms with E-state index in [-0.39, 0.29) is 29.4 Å². The average molecular weight is 345 g/mol. The van der Waals surface area contributed by atoms with Gasteiger partial charge in [0.2, 0.25) is 0 Å². The summed E-state index contributed by atoms with van der Waals surface area (Å²) in [7, 11) is 0. The Balaban J connectivity index is 1.81. The smallest absolute Gasteiger partial charge is 0.269 e. The number of halogens is 2. The number of hydrogen-bond donors (Lipinski definition) is 1. The Morgan fingerprint density at radius 2 is 2.04 bits per heavy atom. The molecule has 2 aromatic rings. The second kappa shape index (κ2) is 5.60. The zero-order chi connectivity index (χ0) is 16.8. The molecule has 3 atom stereocenters. The van der Waals surface area contributed by atoms with Gasteiger partial charge in [0.25, 0.3) is 5.69 Å². The van der Waals surface area contributed by atoms with Crippen molar-refractivity contribution in [2.75, 3.05) is 5.32 Å². The molecule has 1 aliphatic carbocycles. The van der Waals surface area contributed by atoms with Crippen molar-refractivity contribution < 1.29 is 9.31 Å². The normalized spacial score (nSPS) is 24.2. The van der Waals surface area contributed by atoms with Crippen LogP contribution in [0.25, 0.3) is 0 Å². The lowest BCUT2D eigenvalue weighted by atomic mass is 9.77. The van der Waals surface area contributed by atoms with E-state index in [0.29, 0.717) is 10.6 Å². The first-order chi connectivity index (χ1) is 11.5. The summed E-state index contributed by atoms with van der Waals surface area (Å²) in [5.41, 5.74) is 2.49. The van der Waals surface area contributed by atoms with Crippen LogP contribution in [-0.2, 0) is 0 Å². The summed E-state index contributed by atoms with van der Waals surface area (Å²) in [5, 5.41) is 15.0. The van der Waals surface area contributed by atoms with Gasteiger partial charge in [-0.2, -0.15) is 0 Å². The maximum absolute atomic E-state index is 13.6. The summed E-state index contributed by atoms with van der Waals surface area (Å²) < 4.78 is 13.6. The van der Waals surface area contributed by atoms with Gasteiger partial charge in [-0.25, -0.2) is 4.39 Å². The van der Waals surface area contributed by atoms with Crippen molar-refractivity contribution in [3.8, 4) is 0 Å². The van der Waals surface area contributed by atoms with Gasteiger partial charge in [0.15, 0.2) is 0 Å². The number of rotatable bonds is 2. The predicted molar refractivity (Wildman–Crippen MR) is 90.9 cm³/mol. The van der Waals surface area contributed by atoms with Crippen LogP contribution in [0.5, 0.6) is 0 Å². The van der Waals surface area contributed by atoms with E-state index in [1.54, 1.807) is 18.2 Å². The Hall–Kier alpha value is -2.40. The van der Waals surface area contributed by atoms with Crippen LogP contribution in [0, 0.1) is 21.8 Å². The van der Waals surface area contributed by atoms with Crippen LogP contribution < -0.4 is 5.32 Å². The number of non-ortho nitro benzene ring substituents is 1. The second-order valence-corrected chi connectivity index (χ2v) is 6.58. The molecule has 4 nitrogen and oxygen atoms in total. The highest BCUT2D eigenvalue weighted by atomic mass is 35.5. The van der Waals surface area contributed by atoms with Gasteiger partial charge in [-0.05, 0) is 42.2 Å². The average Bonchev–Trinajstić information content (AvgIpc) is 3.04. The number of allylic oxidation sites excluding steroid dienone is 2. The van der Waals surface area contributed by atoms with Crippen molar-refractivity contribution in [2.45, 2.75) is 18.4 Å². The topological polar surface area (TPSA) is 55.2 Å². The van der Waals surface area contributed by atoms with Gasteiger partial charge in [-0.15, -0.1) is 0 Å². The van der Waals surface area contributed by atoms with Crippen LogP contribution in [0.4, 0.5) is 15.8 Å². The maximum atomic E-state index is 13.6. The van der Waals surface area contributed by atoms with Crippen molar-refractivity contribution in [3.63, 3.8) is 0 Å². The summed E-state index contributed by atoms with van der Waals surface area (Å²) in [6.07, 6.45) is 4.98. The van der Waals surface area contributed by atoms with E-state index in [1.165, 1.54) is 18.2 Å². The first-order valence-electron chi connectivity index (χ1n) is 7.71. The third kappa shape index (κ3) is 2.36. The van der Waals surface area contributed by atoms with E-state index >= 15 is 0 Å². The molecule has 1 aliphatic heterocycles. The molecule has 1 N–H and O–H groups in total. The maximum Gasteiger partial charge on any atom is 0.269 e. The molecule has 6 heteroatoms. The van der Waals surface area contributed by atoms with E-state index in [2.05, 4.69) is 17.5 Å². The molecule has 2 aromatic carbocycles. The Morgan fingerprint density at radius 1 is 1.21 bits per heavy atom. The number of fused-ring (bicyclic) bond motifs is 3. The minimum atomic E-state index is -0.420. The molecule has 2 aliphatic rings. The van der Waals surface area contributed by atoms with E-state index in [4.69, 9.17) is 11.6 Å². The molecule has 122 valence electrons. The van der Waals surface area contributed by atoms with Crippen LogP contribution in [0.1, 0.15) is 29.5 Å². The fourth-order valence-electron chi connectivity index (χ4n) is 3.76. The van der Waals surface area contributed by atoms with Crippen LogP contribution in [0.3, 0.4) is 0 Å². The lowest BCUT2D eigenvalue weighted by molar-refractivity contribution is -0.384. The minimum Gasteiger partial charge on any atom is -0.378 e. The van der Waals surface area contributed by atoms with Crippen LogP contribution in [0.2, 0.25) is 5.02 Å². The minimum absolute atomic E-state index is 0.0172. The molecule has 0 spiro atoms. The molecule has 1 heterocycles. The highest BCUT2D eigenvalue weighted by molar-refractivity contribution is 6.31. The predicted octanol–water partition coefficient (Wildman–Crippen LogP) is 5.21. The van der Waals surface area contributed by atoms with Gasteiger partial charge in [0.1, 0.15) is 5.82 Å². The number of nitro groups is 1. The fourth-order valence-corrected chi connectivity index (χ4v) is 3.99. The Bertz CT molecular complexity index is 868. The number of nitrogens with one attached hydrogen (secondary N) is 1. The van der Waals surface area contributed by atoms with Crippen LogP contribution in [-0.4, -0.2) is 4.92 Å². The SMILES string of the molecule is O=[N+]([O-])c1ccc(Cl)c(C2Nc3ccc(F)cc3C3C=CCC32)c1. The van der Waals surface area contributed by atoms with E-state index in [1.807, 2.05) is 0 Å². The van der Waals surface area contributed by atoms with Gasteiger partial charge in [-0.1, -0.05) is 23.8 Å². The van der Waals surface area contributed by atoms with Crippen molar-refractivity contribution in [1.29, 1.82) is 0 Å². The Labute approximate surface area is 143 Å². The van der Waals surface area contributed by atoms with Crippen LogP contribution in [0.15, 0.2) is 48.6 Å².